The third kappa shape index (κ3) is 4.28. The van der Waals surface area contributed by atoms with Gasteiger partial charge in [-0.1, -0.05) is 0 Å². The number of rotatable bonds is 6. The predicted octanol–water partition coefficient (Wildman–Crippen LogP) is 4.34. The molecule has 2 aromatic carbocycles. The van der Waals surface area contributed by atoms with E-state index in [9.17, 15) is 19.3 Å². The zero-order valence-corrected chi connectivity index (χ0v) is 16.5. The monoisotopic (exact) mass is 413 g/mol. The number of piperazine rings is 1. The largest absolute Gasteiger partial charge is 0.369 e. The molecule has 2 heterocycles. The van der Waals surface area contributed by atoms with E-state index in [1.54, 1.807) is 18.2 Å². The number of ketones is 1. The second-order valence-electron chi connectivity index (χ2n) is 7.07. The number of carbonyl (C=O) groups is 1. The van der Waals surface area contributed by atoms with E-state index in [1.807, 2.05) is 5.38 Å². The molecular weight excluding hydrogens is 393 g/mol. The zero-order chi connectivity index (χ0) is 20.4. The van der Waals surface area contributed by atoms with Crippen molar-refractivity contribution in [3.05, 3.63) is 69.3 Å². The number of halogens is 1. The molecule has 1 aliphatic rings. The normalized spacial score (nSPS) is 15.0. The molecule has 0 amide bonds. The molecule has 0 radical (unpaired) electrons. The number of fused-ring (bicyclic) bond motifs is 1. The van der Waals surface area contributed by atoms with E-state index in [4.69, 9.17) is 0 Å². The van der Waals surface area contributed by atoms with Crippen LogP contribution in [0.2, 0.25) is 0 Å². The second kappa shape index (κ2) is 8.26. The van der Waals surface area contributed by atoms with Crippen molar-refractivity contribution in [1.29, 1.82) is 0 Å². The Hall–Kier alpha value is -2.84. The van der Waals surface area contributed by atoms with Crippen molar-refractivity contribution in [2.45, 2.75) is 6.42 Å². The topological polar surface area (TPSA) is 66.7 Å². The Morgan fingerprint density at radius 1 is 1.10 bits per heavy atom. The van der Waals surface area contributed by atoms with Crippen LogP contribution in [0.25, 0.3) is 10.1 Å². The van der Waals surface area contributed by atoms with Gasteiger partial charge in [0.15, 0.2) is 5.78 Å². The Balaban J connectivity index is 1.31. The average molecular weight is 413 g/mol. The molecule has 0 aliphatic carbocycles. The van der Waals surface area contributed by atoms with E-state index in [-0.39, 0.29) is 17.3 Å². The number of Topliss-reactive ketones (excluding diaryl/α,β-unsaturated/α-hetero) is 1. The Labute approximate surface area is 171 Å². The highest BCUT2D eigenvalue weighted by molar-refractivity contribution is 7.17. The van der Waals surface area contributed by atoms with E-state index < -0.39 is 4.92 Å². The van der Waals surface area contributed by atoms with Crippen molar-refractivity contribution in [2.75, 3.05) is 37.6 Å². The standard InChI is InChI=1S/C21H20FN3O3S/c22-15-1-6-21-18(13-15)19(14-29-21)20(26)7-8-23-9-11-24(12-10-23)16-2-4-17(5-3-16)25(27)28/h1-6,13-14H,7-12H2. The third-order valence-electron chi connectivity index (χ3n) is 5.29. The first-order valence-corrected chi connectivity index (χ1v) is 10.3. The summed E-state index contributed by atoms with van der Waals surface area (Å²) >= 11 is 1.46. The van der Waals surface area contributed by atoms with Crippen molar-refractivity contribution in [1.82, 2.24) is 4.90 Å². The van der Waals surface area contributed by atoms with E-state index in [0.717, 1.165) is 36.6 Å². The summed E-state index contributed by atoms with van der Waals surface area (Å²) < 4.78 is 14.4. The fraction of sp³-hybridized carbons (Fsp3) is 0.286. The van der Waals surface area contributed by atoms with Crippen LogP contribution in [0.5, 0.6) is 0 Å². The first kappa shape index (κ1) is 19.5. The second-order valence-corrected chi connectivity index (χ2v) is 7.98. The Morgan fingerprint density at radius 3 is 2.52 bits per heavy atom. The summed E-state index contributed by atoms with van der Waals surface area (Å²) in [5.74, 6) is -0.285. The van der Waals surface area contributed by atoms with Gasteiger partial charge in [0.25, 0.3) is 5.69 Å². The van der Waals surface area contributed by atoms with Gasteiger partial charge < -0.3 is 4.90 Å². The molecule has 1 aliphatic heterocycles. The fourth-order valence-electron chi connectivity index (χ4n) is 3.63. The van der Waals surface area contributed by atoms with Gasteiger partial charge in [-0.25, -0.2) is 4.39 Å². The van der Waals surface area contributed by atoms with Gasteiger partial charge >= 0.3 is 0 Å². The summed E-state index contributed by atoms with van der Waals surface area (Å²) in [6.45, 7) is 3.92. The Kier molecular flexibility index (Phi) is 5.55. The minimum atomic E-state index is -0.399. The number of non-ortho nitro benzene ring substituents is 1. The number of hydrogen-bond acceptors (Lipinski definition) is 6. The van der Waals surface area contributed by atoms with Gasteiger partial charge in [0.05, 0.1) is 4.92 Å². The van der Waals surface area contributed by atoms with Gasteiger partial charge in [-0.3, -0.25) is 19.8 Å². The van der Waals surface area contributed by atoms with Crippen LogP contribution in [0.3, 0.4) is 0 Å². The molecule has 0 saturated carbocycles. The summed E-state index contributed by atoms with van der Waals surface area (Å²) in [6.07, 6.45) is 0.403. The molecule has 0 spiro atoms. The first-order chi connectivity index (χ1) is 14.0. The van der Waals surface area contributed by atoms with Crippen LogP contribution < -0.4 is 4.90 Å². The molecule has 3 aromatic rings. The molecule has 1 saturated heterocycles. The van der Waals surface area contributed by atoms with Crippen molar-refractivity contribution >= 4 is 38.6 Å². The fourth-order valence-corrected chi connectivity index (χ4v) is 4.57. The molecule has 0 unspecified atom stereocenters. The Bertz CT molecular complexity index is 1040. The third-order valence-corrected chi connectivity index (χ3v) is 6.25. The lowest BCUT2D eigenvalue weighted by Crippen LogP contribution is -2.46. The minimum Gasteiger partial charge on any atom is -0.369 e. The van der Waals surface area contributed by atoms with Crippen LogP contribution >= 0.6 is 11.3 Å². The summed E-state index contributed by atoms with van der Waals surface area (Å²) in [4.78, 5) is 27.4. The van der Waals surface area contributed by atoms with Gasteiger partial charge in [0.1, 0.15) is 5.82 Å². The summed E-state index contributed by atoms with van der Waals surface area (Å²) in [7, 11) is 0. The van der Waals surface area contributed by atoms with Crippen molar-refractivity contribution in [3.63, 3.8) is 0 Å². The van der Waals surface area contributed by atoms with E-state index >= 15 is 0 Å². The number of benzene rings is 2. The van der Waals surface area contributed by atoms with Gasteiger partial charge in [-0.05, 0) is 30.3 Å². The van der Waals surface area contributed by atoms with Gasteiger partial charge in [-0.2, -0.15) is 0 Å². The van der Waals surface area contributed by atoms with E-state index in [0.29, 0.717) is 23.9 Å². The number of nitrogens with zero attached hydrogens (tertiary/aromatic N) is 3. The number of carbonyl (C=O) groups excluding carboxylic acids is 1. The highest BCUT2D eigenvalue weighted by atomic mass is 32.1. The number of hydrogen-bond donors (Lipinski definition) is 0. The summed E-state index contributed by atoms with van der Waals surface area (Å²) in [5, 5.41) is 13.3. The highest BCUT2D eigenvalue weighted by Gasteiger charge is 2.20. The predicted molar refractivity (Wildman–Crippen MR) is 112 cm³/mol. The average Bonchev–Trinajstić information content (AvgIpc) is 3.15. The summed E-state index contributed by atoms with van der Waals surface area (Å²) in [5.41, 5.74) is 1.67. The maximum Gasteiger partial charge on any atom is 0.269 e. The van der Waals surface area contributed by atoms with Crippen LogP contribution in [0, 0.1) is 15.9 Å². The van der Waals surface area contributed by atoms with Crippen LogP contribution in [-0.2, 0) is 0 Å². The van der Waals surface area contributed by atoms with Crippen LogP contribution in [0.1, 0.15) is 16.8 Å². The maximum atomic E-state index is 13.5. The molecule has 1 fully saturated rings. The first-order valence-electron chi connectivity index (χ1n) is 9.43. The molecule has 0 N–H and O–H groups in total. The molecule has 29 heavy (non-hydrogen) atoms. The molecule has 0 bridgehead atoms. The lowest BCUT2D eigenvalue weighted by atomic mass is 10.1. The molecule has 1 aromatic heterocycles. The molecule has 6 nitrogen and oxygen atoms in total. The number of nitro groups is 1. The lowest BCUT2D eigenvalue weighted by molar-refractivity contribution is -0.384. The minimum absolute atomic E-state index is 0.0413. The van der Waals surface area contributed by atoms with Crippen LogP contribution in [0.4, 0.5) is 15.8 Å². The zero-order valence-electron chi connectivity index (χ0n) is 15.7. The molecule has 8 heteroatoms. The smallest absolute Gasteiger partial charge is 0.269 e. The van der Waals surface area contributed by atoms with Crippen molar-refractivity contribution in [2.24, 2.45) is 0 Å². The molecule has 150 valence electrons. The van der Waals surface area contributed by atoms with Gasteiger partial charge in [0.2, 0.25) is 0 Å². The van der Waals surface area contributed by atoms with Crippen molar-refractivity contribution < 1.29 is 14.1 Å². The molecule has 4 rings (SSSR count). The van der Waals surface area contributed by atoms with E-state index in [1.165, 1.54) is 35.6 Å². The molecular formula is C21H20FN3O3S. The Morgan fingerprint density at radius 2 is 1.83 bits per heavy atom. The quantitative estimate of drug-likeness (QED) is 0.342. The summed E-state index contributed by atoms with van der Waals surface area (Å²) in [6, 6.07) is 11.2. The van der Waals surface area contributed by atoms with Crippen molar-refractivity contribution in [3.8, 4) is 0 Å². The number of thiophene rings is 1. The number of nitro benzene ring substituents is 1. The number of anilines is 1. The van der Waals surface area contributed by atoms with Crippen LogP contribution in [0.15, 0.2) is 47.8 Å². The SMILES string of the molecule is O=C(CCN1CCN(c2ccc([N+](=O)[O-])cc2)CC1)c1csc2ccc(F)cc12. The van der Waals surface area contributed by atoms with Gasteiger partial charge in [-0.15, -0.1) is 11.3 Å². The maximum absolute atomic E-state index is 13.5. The lowest BCUT2D eigenvalue weighted by Gasteiger charge is -2.36. The van der Waals surface area contributed by atoms with Crippen LogP contribution in [-0.4, -0.2) is 48.3 Å². The van der Waals surface area contributed by atoms with E-state index in [2.05, 4.69) is 9.80 Å². The van der Waals surface area contributed by atoms with Gasteiger partial charge in [0, 0.05) is 78.0 Å². The molecule has 0 atom stereocenters. The highest BCUT2D eigenvalue weighted by Crippen LogP contribution is 2.28.